The Morgan fingerprint density at radius 1 is 0.348 bits per heavy atom. The van der Waals surface area contributed by atoms with Gasteiger partial charge in [-0.25, -0.2) is 0 Å². The molecule has 0 unspecified atom stereocenters. The highest BCUT2D eigenvalue weighted by Gasteiger charge is 2.35. The maximum absolute atomic E-state index is 2.44. The minimum absolute atomic E-state index is 0.0931. The lowest BCUT2D eigenvalue weighted by atomic mass is 9.82. The van der Waals surface area contributed by atoms with Gasteiger partial charge in [-0.2, -0.15) is 0 Å². The van der Waals surface area contributed by atoms with Gasteiger partial charge in [0.1, 0.15) is 0 Å². The second kappa shape index (κ2) is 11.4. The Hall–Kier alpha value is -5.66. The third-order valence-electron chi connectivity index (χ3n) is 9.49. The predicted octanol–water partition coefficient (Wildman–Crippen LogP) is 12.5. The van der Waals surface area contributed by atoms with Crippen LogP contribution in [0.2, 0.25) is 0 Å². The van der Waals surface area contributed by atoms with Gasteiger partial charge < -0.3 is 4.90 Å². The van der Waals surface area contributed by atoms with Gasteiger partial charge in [0.15, 0.2) is 0 Å². The van der Waals surface area contributed by atoms with Crippen LogP contribution in [0.3, 0.4) is 0 Å². The summed E-state index contributed by atoms with van der Waals surface area (Å²) in [5, 5.41) is 0. The molecule has 0 aliphatic heterocycles. The summed E-state index contributed by atoms with van der Waals surface area (Å²) < 4.78 is 0. The number of anilines is 3. The summed E-state index contributed by atoms with van der Waals surface area (Å²) in [6.07, 6.45) is 0. The van der Waals surface area contributed by atoms with Crippen LogP contribution in [0, 0.1) is 0 Å². The molecule has 0 spiro atoms. The van der Waals surface area contributed by atoms with E-state index in [1.807, 2.05) is 0 Å². The second-order valence-corrected chi connectivity index (χ2v) is 12.6. The van der Waals surface area contributed by atoms with Crippen LogP contribution in [0.25, 0.3) is 44.5 Å². The lowest BCUT2D eigenvalue weighted by Crippen LogP contribution is -2.17. The molecule has 0 fully saturated rings. The van der Waals surface area contributed by atoms with E-state index in [1.165, 1.54) is 55.6 Å². The van der Waals surface area contributed by atoms with E-state index in [4.69, 9.17) is 0 Å². The van der Waals surface area contributed by atoms with Crippen molar-refractivity contribution in [2.45, 2.75) is 19.3 Å². The zero-order valence-electron chi connectivity index (χ0n) is 26.2. The number of fused-ring (bicyclic) bond motifs is 3. The Balaban J connectivity index is 1.34. The topological polar surface area (TPSA) is 3.24 Å². The van der Waals surface area contributed by atoms with Gasteiger partial charge in [0.2, 0.25) is 0 Å². The van der Waals surface area contributed by atoms with Crippen LogP contribution in [0.5, 0.6) is 0 Å². The van der Waals surface area contributed by atoms with E-state index in [0.29, 0.717) is 0 Å². The molecule has 0 N–H and O–H groups in total. The molecule has 0 radical (unpaired) electrons. The summed E-state index contributed by atoms with van der Waals surface area (Å²) >= 11 is 0. The molecule has 7 aromatic carbocycles. The molecular weight excluding hydrogens is 555 g/mol. The Kier molecular flexibility index (Phi) is 6.88. The smallest absolute Gasteiger partial charge is 0.0540 e. The Morgan fingerprint density at radius 2 is 0.848 bits per heavy atom. The van der Waals surface area contributed by atoms with E-state index in [2.05, 4.69) is 195 Å². The average Bonchev–Trinajstić information content (AvgIpc) is 3.35. The van der Waals surface area contributed by atoms with Gasteiger partial charge in [0, 0.05) is 22.4 Å². The zero-order valence-corrected chi connectivity index (χ0v) is 26.2. The summed E-state index contributed by atoms with van der Waals surface area (Å²) in [5.74, 6) is 0. The van der Waals surface area contributed by atoms with E-state index >= 15 is 0 Å². The molecule has 0 saturated heterocycles. The van der Waals surface area contributed by atoms with Gasteiger partial charge >= 0.3 is 0 Å². The molecule has 0 saturated carbocycles. The fourth-order valence-corrected chi connectivity index (χ4v) is 7.08. The van der Waals surface area contributed by atoms with Crippen molar-refractivity contribution < 1.29 is 0 Å². The van der Waals surface area contributed by atoms with Crippen molar-refractivity contribution in [3.8, 4) is 44.5 Å². The average molecular weight is 590 g/mol. The Bertz CT molecular complexity index is 2140. The van der Waals surface area contributed by atoms with E-state index in [0.717, 1.165) is 17.1 Å². The van der Waals surface area contributed by atoms with Crippen molar-refractivity contribution in [1.29, 1.82) is 0 Å². The number of rotatable bonds is 6. The minimum atomic E-state index is -0.0931. The van der Waals surface area contributed by atoms with E-state index in [-0.39, 0.29) is 5.41 Å². The first-order valence-corrected chi connectivity index (χ1v) is 16.0. The van der Waals surface area contributed by atoms with Crippen molar-refractivity contribution in [3.63, 3.8) is 0 Å². The summed E-state index contributed by atoms with van der Waals surface area (Å²) in [4.78, 5) is 2.44. The summed E-state index contributed by atoms with van der Waals surface area (Å²) in [6, 6.07) is 63.8. The predicted molar refractivity (Wildman–Crippen MR) is 195 cm³/mol. The highest BCUT2D eigenvalue weighted by molar-refractivity contribution is 5.92. The van der Waals surface area contributed by atoms with Crippen molar-refractivity contribution in [3.05, 3.63) is 187 Å². The van der Waals surface area contributed by atoms with Crippen LogP contribution in [0.1, 0.15) is 25.0 Å². The van der Waals surface area contributed by atoms with Gasteiger partial charge in [-0.15, -0.1) is 0 Å². The molecule has 0 heterocycles. The van der Waals surface area contributed by atoms with Crippen LogP contribution in [0.4, 0.5) is 17.1 Å². The maximum Gasteiger partial charge on any atom is 0.0540 e. The first kappa shape index (κ1) is 27.9. The summed E-state index contributed by atoms with van der Waals surface area (Å²) in [7, 11) is 0. The summed E-state index contributed by atoms with van der Waals surface area (Å²) in [5.41, 5.74) is 16.0. The Labute approximate surface area is 272 Å². The quantitative estimate of drug-likeness (QED) is 0.186. The summed E-state index contributed by atoms with van der Waals surface area (Å²) in [6.45, 7) is 4.70. The first-order valence-electron chi connectivity index (χ1n) is 16.0. The van der Waals surface area contributed by atoms with Gasteiger partial charge in [0.25, 0.3) is 0 Å². The first-order chi connectivity index (χ1) is 22.6. The van der Waals surface area contributed by atoms with Gasteiger partial charge in [-0.3, -0.25) is 0 Å². The fourth-order valence-electron chi connectivity index (χ4n) is 7.08. The molecule has 220 valence electrons. The molecule has 46 heavy (non-hydrogen) atoms. The number of benzene rings is 7. The van der Waals surface area contributed by atoms with Crippen LogP contribution in [0.15, 0.2) is 176 Å². The molecule has 8 rings (SSSR count). The van der Waals surface area contributed by atoms with Gasteiger partial charge in [0.05, 0.1) is 5.69 Å². The zero-order chi connectivity index (χ0) is 31.1. The Morgan fingerprint density at radius 3 is 1.52 bits per heavy atom. The van der Waals surface area contributed by atoms with E-state index in [1.54, 1.807) is 0 Å². The molecule has 1 aliphatic carbocycles. The molecule has 1 heteroatoms. The van der Waals surface area contributed by atoms with Crippen molar-refractivity contribution in [2.75, 3.05) is 4.90 Å². The highest BCUT2D eigenvalue weighted by atomic mass is 15.1. The molecule has 0 bridgehead atoms. The van der Waals surface area contributed by atoms with Gasteiger partial charge in [-0.1, -0.05) is 153 Å². The third-order valence-corrected chi connectivity index (χ3v) is 9.49. The van der Waals surface area contributed by atoms with Crippen LogP contribution in [-0.2, 0) is 5.41 Å². The minimum Gasteiger partial charge on any atom is -0.310 e. The molecule has 7 aromatic rings. The molecule has 0 amide bonds. The van der Waals surface area contributed by atoms with Crippen LogP contribution < -0.4 is 4.90 Å². The largest absolute Gasteiger partial charge is 0.310 e. The van der Waals surface area contributed by atoms with E-state index in [9.17, 15) is 0 Å². The van der Waals surface area contributed by atoms with Crippen molar-refractivity contribution in [2.24, 2.45) is 0 Å². The number of hydrogen-bond donors (Lipinski definition) is 0. The monoisotopic (exact) mass is 589 g/mol. The second-order valence-electron chi connectivity index (χ2n) is 12.6. The fraction of sp³-hybridized carbons (Fsp3) is 0.0667. The number of hydrogen-bond acceptors (Lipinski definition) is 1. The van der Waals surface area contributed by atoms with E-state index < -0.39 is 0 Å². The van der Waals surface area contributed by atoms with Crippen LogP contribution in [-0.4, -0.2) is 0 Å². The maximum atomic E-state index is 2.44. The molecule has 0 aromatic heterocycles. The lowest BCUT2D eigenvalue weighted by molar-refractivity contribution is 0.660. The van der Waals surface area contributed by atoms with Crippen molar-refractivity contribution >= 4 is 17.1 Å². The highest BCUT2D eigenvalue weighted by Crippen LogP contribution is 2.51. The molecule has 1 aliphatic rings. The molecule has 0 atom stereocenters. The molecule has 1 nitrogen and oxygen atoms in total. The standard InChI is InChI=1S/C45H35N/c1-45(2)42-21-13-12-20-39(42)40-28-27-38(31-43(40)45)46(37-25-22-34(23-26-37)32-14-6-3-7-15-32)44-29-24-36(33-16-8-4-9-17-33)30-41(44)35-18-10-5-11-19-35/h3-31H,1-2H3. The van der Waals surface area contributed by atoms with Crippen LogP contribution >= 0.6 is 0 Å². The van der Waals surface area contributed by atoms with Crippen molar-refractivity contribution in [1.82, 2.24) is 0 Å². The normalized spacial score (nSPS) is 12.7. The molecular formula is C45H35N. The lowest BCUT2D eigenvalue weighted by Gasteiger charge is -2.30. The van der Waals surface area contributed by atoms with Gasteiger partial charge in [-0.05, 0) is 86.5 Å². The number of nitrogens with zero attached hydrogens (tertiary/aromatic N) is 1. The third kappa shape index (κ3) is 4.82. The SMILES string of the molecule is CC1(C)c2ccccc2-c2ccc(N(c3ccc(-c4ccccc4)cc3)c3ccc(-c4ccccc4)cc3-c3ccccc3)cc21.